The molecule has 4 heteroatoms. The first kappa shape index (κ1) is 19.2. The Kier molecular flexibility index (Phi) is 4.80. The van der Waals surface area contributed by atoms with Crippen molar-refractivity contribution in [3.8, 4) is 0 Å². The van der Waals surface area contributed by atoms with Crippen molar-refractivity contribution in [3.05, 3.63) is 82.9 Å². The molecule has 2 aliphatic rings. The van der Waals surface area contributed by atoms with Crippen molar-refractivity contribution in [2.45, 2.75) is 38.5 Å². The highest BCUT2D eigenvalue weighted by Crippen LogP contribution is 2.46. The van der Waals surface area contributed by atoms with Crippen LogP contribution in [0.25, 0.3) is 5.57 Å². The number of allylic oxidation sites excluding steroid dienone is 3. The Hall–Kier alpha value is -2.17. The van der Waals surface area contributed by atoms with Gasteiger partial charge in [0, 0.05) is 18.5 Å². The summed E-state index contributed by atoms with van der Waals surface area (Å²) >= 11 is 0. The molecule has 0 unspecified atom stereocenters. The second kappa shape index (κ2) is 7.02. The van der Waals surface area contributed by atoms with Gasteiger partial charge in [-0.15, -0.1) is 0 Å². The van der Waals surface area contributed by atoms with Gasteiger partial charge in [-0.3, -0.25) is 0 Å². The molecule has 1 atom stereocenters. The number of aryl methyl sites for hydroxylation is 1. The van der Waals surface area contributed by atoms with Crippen molar-refractivity contribution >= 4 is 15.6 Å². The van der Waals surface area contributed by atoms with Gasteiger partial charge in [0.1, 0.15) is 0 Å². The van der Waals surface area contributed by atoms with Crippen LogP contribution >= 0.6 is 0 Å². The minimum absolute atomic E-state index is 0.116. The normalized spacial score (nSPS) is 23.3. The molecular formula is C24H27NO2S. The van der Waals surface area contributed by atoms with Gasteiger partial charge >= 0.3 is 0 Å². The average molecular weight is 394 g/mol. The van der Waals surface area contributed by atoms with Gasteiger partial charge in [-0.2, -0.15) is 4.31 Å². The van der Waals surface area contributed by atoms with Crippen LogP contribution in [0.4, 0.5) is 0 Å². The van der Waals surface area contributed by atoms with Gasteiger partial charge in [0.2, 0.25) is 10.0 Å². The van der Waals surface area contributed by atoms with E-state index < -0.39 is 10.0 Å². The number of hydrogen-bond donors (Lipinski definition) is 0. The van der Waals surface area contributed by atoms with Crippen LogP contribution in [0.15, 0.2) is 76.7 Å². The number of sulfonamides is 1. The van der Waals surface area contributed by atoms with E-state index in [0.717, 1.165) is 18.4 Å². The van der Waals surface area contributed by atoms with Crippen molar-refractivity contribution in [3.63, 3.8) is 0 Å². The number of hydrogen-bond acceptors (Lipinski definition) is 2. The lowest BCUT2D eigenvalue weighted by atomic mass is 9.79. The van der Waals surface area contributed by atoms with E-state index in [2.05, 4.69) is 44.2 Å². The second-order valence-corrected chi connectivity index (χ2v) is 10.3. The molecule has 0 saturated carbocycles. The zero-order valence-corrected chi connectivity index (χ0v) is 17.6. The van der Waals surface area contributed by atoms with Crippen LogP contribution in [0.5, 0.6) is 0 Å². The summed E-state index contributed by atoms with van der Waals surface area (Å²) in [4.78, 5) is 0.386. The molecule has 2 aromatic carbocycles. The standard InChI is InChI=1S/C24H27NO2S/c1-18-9-11-22(12-10-18)28(26,27)25-16-23-19(2)15-21(13-14-24(23,3)17-25)20-7-5-4-6-8-20/h4-12,15H,13-14,16-17H2,1-3H3/t24-/m0/s1. The van der Waals surface area contributed by atoms with Crippen molar-refractivity contribution in [2.75, 3.05) is 13.1 Å². The molecule has 1 aliphatic heterocycles. The van der Waals surface area contributed by atoms with Gasteiger partial charge in [0.05, 0.1) is 4.90 Å². The minimum Gasteiger partial charge on any atom is -0.207 e. The third-order valence-corrected chi connectivity index (χ3v) is 8.01. The predicted molar refractivity (Wildman–Crippen MR) is 114 cm³/mol. The summed E-state index contributed by atoms with van der Waals surface area (Å²) in [7, 11) is -3.47. The molecule has 1 fully saturated rings. The fourth-order valence-electron chi connectivity index (χ4n) is 4.48. The molecule has 0 amide bonds. The summed E-state index contributed by atoms with van der Waals surface area (Å²) in [6.45, 7) is 7.35. The summed E-state index contributed by atoms with van der Waals surface area (Å²) in [6.07, 6.45) is 4.18. The molecule has 0 N–H and O–H groups in total. The van der Waals surface area contributed by atoms with Crippen LogP contribution in [-0.2, 0) is 10.0 Å². The Balaban J connectivity index is 1.68. The maximum atomic E-state index is 13.2. The highest BCUT2D eigenvalue weighted by molar-refractivity contribution is 7.89. The molecule has 1 aliphatic carbocycles. The van der Waals surface area contributed by atoms with Gasteiger partial charge in [0.15, 0.2) is 0 Å². The van der Waals surface area contributed by atoms with Crippen LogP contribution in [0.3, 0.4) is 0 Å². The first-order valence-electron chi connectivity index (χ1n) is 9.83. The molecule has 28 heavy (non-hydrogen) atoms. The van der Waals surface area contributed by atoms with Crippen molar-refractivity contribution in [2.24, 2.45) is 5.41 Å². The molecule has 146 valence electrons. The third kappa shape index (κ3) is 3.36. The molecule has 2 aromatic rings. The summed E-state index contributed by atoms with van der Waals surface area (Å²) in [5.41, 5.74) is 6.02. The highest BCUT2D eigenvalue weighted by Gasteiger charge is 2.44. The molecule has 3 nitrogen and oxygen atoms in total. The topological polar surface area (TPSA) is 37.4 Å². The van der Waals surface area contributed by atoms with E-state index in [1.54, 1.807) is 16.4 Å². The Bertz CT molecular complexity index is 1050. The zero-order chi connectivity index (χ0) is 19.9. The number of fused-ring (bicyclic) bond motifs is 1. The van der Waals surface area contributed by atoms with E-state index in [9.17, 15) is 8.42 Å². The number of nitrogens with zero attached hydrogens (tertiary/aromatic N) is 1. The summed E-state index contributed by atoms with van der Waals surface area (Å²) in [6, 6.07) is 17.7. The summed E-state index contributed by atoms with van der Waals surface area (Å²) < 4.78 is 28.1. The zero-order valence-electron chi connectivity index (χ0n) is 16.8. The van der Waals surface area contributed by atoms with Crippen LogP contribution in [0.2, 0.25) is 0 Å². The number of benzene rings is 2. The summed E-state index contributed by atoms with van der Waals surface area (Å²) in [5, 5.41) is 0. The van der Waals surface area contributed by atoms with Crippen LogP contribution in [0.1, 0.15) is 37.8 Å². The predicted octanol–water partition coefficient (Wildman–Crippen LogP) is 5.20. The van der Waals surface area contributed by atoms with Crippen molar-refractivity contribution in [1.29, 1.82) is 0 Å². The van der Waals surface area contributed by atoms with Crippen LogP contribution in [0, 0.1) is 12.3 Å². The minimum atomic E-state index is -3.47. The van der Waals surface area contributed by atoms with Gasteiger partial charge in [-0.1, -0.05) is 61.0 Å². The second-order valence-electron chi connectivity index (χ2n) is 8.34. The quantitative estimate of drug-likeness (QED) is 0.719. The maximum Gasteiger partial charge on any atom is 0.243 e. The Morgan fingerprint density at radius 3 is 2.32 bits per heavy atom. The molecule has 0 radical (unpaired) electrons. The fourth-order valence-corrected chi connectivity index (χ4v) is 6.01. The van der Waals surface area contributed by atoms with Crippen LogP contribution < -0.4 is 0 Å². The van der Waals surface area contributed by atoms with E-state index in [1.807, 2.05) is 25.1 Å². The lowest BCUT2D eigenvalue weighted by Crippen LogP contribution is -2.31. The first-order valence-corrected chi connectivity index (χ1v) is 11.3. The fraction of sp³-hybridized carbons (Fsp3) is 0.333. The van der Waals surface area contributed by atoms with E-state index in [-0.39, 0.29) is 5.41 Å². The van der Waals surface area contributed by atoms with E-state index in [0.29, 0.717) is 18.0 Å². The lowest BCUT2D eigenvalue weighted by molar-refractivity contribution is 0.354. The summed E-state index contributed by atoms with van der Waals surface area (Å²) in [5.74, 6) is 0. The molecule has 0 aromatic heterocycles. The van der Waals surface area contributed by atoms with Gasteiger partial charge in [-0.25, -0.2) is 8.42 Å². The molecule has 4 rings (SSSR count). The van der Waals surface area contributed by atoms with Gasteiger partial charge < -0.3 is 0 Å². The Morgan fingerprint density at radius 1 is 0.964 bits per heavy atom. The SMILES string of the molecule is CC1=C2CN(S(=O)(=O)c3ccc(C)cc3)C[C@]2(C)CCC(c2ccccc2)=C1. The van der Waals surface area contributed by atoms with Crippen LogP contribution in [-0.4, -0.2) is 25.8 Å². The highest BCUT2D eigenvalue weighted by atomic mass is 32.2. The molecule has 1 heterocycles. The first-order chi connectivity index (χ1) is 13.3. The Labute approximate surface area is 168 Å². The lowest BCUT2D eigenvalue weighted by Gasteiger charge is -2.25. The van der Waals surface area contributed by atoms with Crippen molar-refractivity contribution in [1.82, 2.24) is 4.31 Å². The van der Waals surface area contributed by atoms with E-state index in [4.69, 9.17) is 0 Å². The third-order valence-electron chi connectivity index (χ3n) is 6.20. The van der Waals surface area contributed by atoms with Crippen molar-refractivity contribution < 1.29 is 8.42 Å². The largest absolute Gasteiger partial charge is 0.243 e. The average Bonchev–Trinajstić information content (AvgIpc) is 2.99. The smallest absolute Gasteiger partial charge is 0.207 e. The number of rotatable bonds is 3. The molecular weight excluding hydrogens is 366 g/mol. The molecule has 0 bridgehead atoms. The monoisotopic (exact) mass is 393 g/mol. The van der Waals surface area contributed by atoms with E-state index in [1.165, 1.54) is 22.3 Å². The molecule has 0 spiro atoms. The van der Waals surface area contributed by atoms with E-state index >= 15 is 0 Å². The van der Waals surface area contributed by atoms with Gasteiger partial charge in [-0.05, 0) is 61.1 Å². The maximum absolute atomic E-state index is 13.2. The molecule has 1 saturated heterocycles. The van der Waals surface area contributed by atoms with Gasteiger partial charge in [0.25, 0.3) is 0 Å². The Morgan fingerprint density at radius 2 is 1.64 bits per heavy atom.